The van der Waals surface area contributed by atoms with E-state index >= 15 is 0 Å². The van der Waals surface area contributed by atoms with Crippen molar-refractivity contribution < 1.29 is 27.1 Å². The lowest BCUT2D eigenvalue weighted by atomic mass is 9.87. The Morgan fingerprint density at radius 1 is 0.951 bits per heavy atom. The van der Waals surface area contributed by atoms with Crippen molar-refractivity contribution in [2.45, 2.75) is 70.0 Å². The van der Waals surface area contributed by atoms with E-state index in [2.05, 4.69) is 30.8 Å². The molecule has 8 nitrogen and oxygen atoms in total. The predicted octanol–water partition coefficient (Wildman–Crippen LogP) is 6.67. The number of fused-ring (bicyclic) bond motifs is 1. The monoisotopic (exact) mass is 583 g/mol. The second-order valence-electron chi connectivity index (χ2n) is 11.9. The van der Waals surface area contributed by atoms with Gasteiger partial charge in [0, 0.05) is 38.4 Å². The largest absolute Gasteiger partial charge is 0.493 e. The molecule has 0 saturated heterocycles. The summed E-state index contributed by atoms with van der Waals surface area (Å²) in [6.45, 7) is 11.2. The quantitative estimate of drug-likeness (QED) is 0.293. The molecule has 0 bridgehead atoms. The summed E-state index contributed by atoms with van der Waals surface area (Å²) in [4.78, 5) is 14.5. The Balaban J connectivity index is 1.38. The van der Waals surface area contributed by atoms with E-state index in [0.29, 0.717) is 36.6 Å². The standard InChI is InChI=1S/C31H38FN3O5S/c1-30(2,3)23-8-10-24(11-9-23)33-29(36)35-19-21-7-13-26(17-22(21)20-35)41(37,38)34-28-14-12-25(18-27(28)32)40-16-15-31(4,5)39-6/h7-14,17-18,34H,15-16,19-20H2,1-6H3,(H,33,36). The molecule has 0 aliphatic carbocycles. The fourth-order valence-electron chi connectivity index (χ4n) is 4.33. The lowest BCUT2D eigenvalue weighted by Gasteiger charge is -2.22. The summed E-state index contributed by atoms with van der Waals surface area (Å²) in [7, 11) is -2.47. The van der Waals surface area contributed by atoms with Crippen LogP contribution in [0.1, 0.15) is 57.7 Å². The molecule has 41 heavy (non-hydrogen) atoms. The highest BCUT2D eigenvalue weighted by atomic mass is 32.2. The first-order valence-electron chi connectivity index (χ1n) is 13.5. The summed E-state index contributed by atoms with van der Waals surface area (Å²) < 4.78 is 54.2. The Bertz CT molecular complexity index is 1520. The van der Waals surface area contributed by atoms with Gasteiger partial charge in [0.25, 0.3) is 10.0 Å². The maximum absolute atomic E-state index is 14.8. The van der Waals surface area contributed by atoms with Gasteiger partial charge < -0.3 is 19.7 Å². The normalized spacial score (nSPS) is 13.6. The Morgan fingerprint density at radius 3 is 2.27 bits per heavy atom. The molecular formula is C31H38FN3O5S. The Labute approximate surface area is 241 Å². The van der Waals surface area contributed by atoms with Crippen LogP contribution in [0.3, 0.4) is 0 Å². The molecule has 2 amide bonds. The summed E-state index contributed by atoms with van der Waals surface area (Å²) in [6.07, 6.45) is 0.599. The number of benzene rings is 3. The fourth-order valence-corrected chi connectivity index (χ4v) is 5.44. The highest BCUT2D eigenvalue weighted by Crippen LogP contribution is 2.29. The highest BCUT2D eigenvalue weighted by molar-refractivity contribution is 7.92. The van der Waals surface area contributed by atoms with E-state index in [-0.39, 0.29) is 34.2 Å². The number of sulfonamides is 1. The van der Waals surface area contributed by atoms with Crippen molar-refractivity contribution >= 4 is 27.4 Å². The minimum Gasteiger partial charge on any atom is -0.493 e. The predicted molar refractivity (Wildman–Crippen MR) is 158 cm³/mol. The average molecular weight is 584 g/mol. The van der Waals surface area contributed by atoms with E-state index in [1.807, 2.05) is 38.1 Å². The van der Waals surface area contributed by atoms with Gasteiger partial charge in [-0.25, -0.2) is 17.6 Å². The lowest BCUT2D eigenvalue weighted by molar-refractivity contribution is 0.00544. The Morgan fingerprint density at radius 2 is 1.63 bits per heavy atom. The first kappa shape index (κ1) is 30.3. The fraction of sp³-hybridized carbons (Fsp3) is 0.387. The van der Waals surface area contributed by atoms with E-state index in [4.69, 9.17) is 9.47 Å². The van der Waals surface area contributed by atoms with Gasteiger partial charge in [0.05, 0.1) is 22.8 Å². The molecule has 0 fully saturated rings. The number of carbonyl (C=O) groups is 1. The van der Waals surface area contributed by atoms with Gasteiger partial charge in [-0.2, -0.15) is 0 Å². The number of halogens is 1. The average Bonchev–Trinajstić information content (AvgIpc) is 3.34. The van der Waals surface area contributed by atoms with E-state index in [1.54, 1.807) is 18.1 Å². The first-order valence-corrected chi connectivity index (χ1v) is 14.9. The second kappa shape index (κ2) is 11.7. The third kappa shape index (κ3) is 7.56. The molecule has 0 aromatic heterocycles. The number of nitrogens with zero attached hydrogens (tertiary/aromatic N) is 1. The zero-order valence-corrected chi connectivity index (χ0v) is 25.2. The second-order valence-corrected chi connectivity index (χ2v) is 13.5. The Hall–Kier alpha value is -3.63. The van der Waals surface area contributed by atoms with Crippen LogP contribution in [0.5, 0.6) is 5.75 Å². The molecule has 10 heteroatoms. The number of hydrogen-bond donors (Lipinski definition) is 2. The summed E-state index contributed by atoms with van der Waals surface area (Å²) in [5.74, 6) is -0.463. The van der Waals surface area contributed by atoms with Gasteiger partial charge in [0.15, 0.2) is 5.82 Å². The minimum atomic E-state index is -4.08. The van der Waals surface area contributed by atoms with Crippen LogP contribution in [0.25, 0.3) is 0 Å². The molecule has 0 radical (unpaired) electrons. The summed E-state index contributed by atoms with van der Waals surface area (Å²) >= 11 is 0. The molecule has 0 unspecified atom stereocenters. The van der Waals surface area contributed by atoms with Gasteiger partial charge in [-0.15, -0.1) is 0 Å². The van der Waals surface area contributed by atoms with E-state index in [9.17, 15) is 17.6 Å². The molecule has 2 N–H and O–H groups in total. The molecular weight excluding hydrogens is 545 g/mol. The Kier molecular flexibility index (Phi) is 8.65. The van der Waals surface area contributed by atoms with E-state index in [1.165, 1.54) is 24.3 Å². The third-order valence-electron chi connectivity index (χ3n) is 7.21. The summed E-state index contributed by atoms with van der Waals surface area (Å²) in [5.41, 5.74) is 2.87. The zero-order chi connectivity index (χ0) is 30.0. The minimum absolute atomic E-state index is 0.0113. The molecule has 1 heterocycles. The summed E-state index contributed by atoms with van der Waals surface area (Å²) in [6, 6.07) is 16.1. The smallest absolute Gasteiger partial charge is 0.322 e. The van der Waals surface area contributed by atoms with E-state index < -0.39 is 15.8 Å². The molecule has 3 aromatic carbocycles. The third-order valence-corrected chi connectivity index (χ3v) is 8.57. The highest BCUT2D eigenvalue weighted by Gasteiger charge is 2.26. The van der Waals surface area contributed by atoms with Crippen molar-refractivity contribution in [2.24, 2.45) is 0 Å². The van der Waals surface area contributed by atoms with E-state index in [0.717, 1.165) is 17.2 Å². The van der Waals surface area contributed by atoms with Crippen molar-refractivity contribution in [3.05, 3.63) is 83.2 Å². The molecule has 220 valence electrons. The van der Waals surface area contributed by atoms with Crippen molar-refractivity contribution in [2.75, 3.05) is 23.8 Å². The molecule has 3 aromatic rings. The number of ether oxygens (including phenoxy) is 2. The van der Waals surface area contributed by atoms with Crippen molar-refractivity contribution in [3.63, 3.8) is 0 Å². The number of anilines is 2. The van der Waals surface area contributed by atoms with Crippen LogP contribution in [-0.2, 0) is 33.3 Å². The topological polar surface area (TPSA) is 97.0 Å². The van der Waals surface area contributed by atoms with Crippen LogP contribution in [0.4, 0.5) is 20.6 Å². The van der Waals surface area contributed by atoms with Crippen molar-refractivity contribution in [1.82, 2.24) is 4.90 Å². The maximum atomic E-state index is 14.8. The van der Waals surface area contributed by atoms with Crippen LogP contribution in [-0.4, -0.2) is 38.7 Å². The number of methoxy groups -OCH3 is 1. The van der Waals surface area contributed by atoms with Crippen LogP contribution in [0, 0.1) is 5.82 Å². The van der Waals surface area contributed by atoms with Gasteiger partial charge in [-0.1, -0.05) is 39.0 Å². The zero-order valence-electron chi connectivity index (χ0n) is 24.4. The van der Waals surface area contributed by atoms with Crippen LogP contribution in [0.2, 0.25) is 0 Å². The number of nitrogens with one attached hydrogen (secondary N) is 2. The molecule has 4 rings (SSSR count). The first-order chi connectivity index (χ1) is 19.2. The maximum Gasteiger partial charge on any atom is 0.322 e. The number of amides is 2. The SMILES string of the molecule is COC(C)(C)CCOc1ccc(NS(=O)(=O)c2ccc3c(c2)CN(C(=O)Nc2ccc(C(C)(C)C)cc2)C3)c(F)c1. The molecule has 1 aliphatic rings. The molecule has 0 spiro atoms. The van der Waals surface area contributed by atoms with Crippen molar-refractivity contribution in [3.8, 4) is 5.75 Å². The van der Waals surface area contributed by atoms with Crippen LogP contribution in [0.15, 0.2) is 65.6 Å². The van der Waals surface area contributed by atoms with Crippen LogP contribution < -0.4 is 14.8 Å². The van der Waals surface area contributed by atoms with Gasteiger partial charge in [0.1, 0.15) is 5.75 Å². The van der Waals surface area contributed by atoms with Gasteiger partial charge in [-0.05, 0) is 72.4 Å². The number of carbonyl (C=O) groups excluding carboxylic acids is 1. The number of urea groups is 1. The number of hydrogen-bond acceptors (Lipinski definition) is 5. The van der Waals surface area contributed by atoms with Gasteiger partial charge in [0.2, 0.25) is 0 Å². The van der Waals surface area contributed by atoms with Gasteiger partial charge in [-0.3, -0.25) is 4.72 Å². The molecule has 0 saturated carbocycles. The van der Waals surface area contributed by atoms with Crippen LogP contribution >= 0.6 is 0 Å². The van der Waals surface area contributed by atoms with Crippen molar-refractivity contribution in [1.29, 1.82) is 0 Å². The number of rotatable bonds is 9. The lowest BCUT2D eigenvalue weighted by Crippen LogP contribution is -2.30. The molecule has 0 atom stereocenters. The molecule has 1 aliphatic heterocycles. The summed E-state index contributed by atoms with van der Waals surface area (Å²) in [5, 5.41) is 2.91. The van der Waals surface area contributed by atoms with Gasteiger partial charge >= 0.3 is 6.03 Å².